The number of aryl methyl sites for hydroxylation is 1. The third kappa shape index (κ3) is 2.84. The molecule has 0 saturated heterocycles. The van der Waals surface area contributed by atoms with Gasteiger partial charge in [-0.05, 0) is 32.0 Å². The van der Waals surface area contributed by atoms with Gasteiger partial charge in [0.2, 0.25) is 5.89 Å². The summed E-state index contributed by atoms with van der Waals surface area (Å²) in [5.41, 5.74) is 2.03. The number of hydrogen-bond acceptors (Lipinski definition) is 6. The van der Waals surface area contributed by atoms with Crippen LogP contribution in [0.15, 0.2) is 38.6 Å². The topological polar surface area (TPSA) is 95.1 Å². The molecule has 0 aliphatic rings. The summed E-state index contributed by atoms with van der Waals surface area (Å²) in [5, 5.41) is 0. The van der Waals surface area contributed by atoms with Gasteiger partial charge in [-0.2, -0.15) is 0 Å². The quantitative estimate of drug-likeness (QED) is 0.715. The van der Waals surface area contributed by atoms with Gasteiger partial charge >= 0.3 is 0 Å². The minimum absolute atomic E-state index is 0.0208. The number of nitrogens with zero attached hydrogens (tertiary/aromatic N) is 3. The first-order valence-electron chi connectivity index (χ1n) is 7.46. The summed E-state index contributed by atoms with van der Waals surface area (Å²) in [6.07, 6.45) is 1.45. The van der Waals surface area contributed by atoms with Crippen molar-refractivity contribution < 1.29 is 12.8 Å². The van der Waals surface area contributed by atoms with Crippen molar-refractivity contribution in [2.75, 3.05) is 5.75 Å². The molecule has 2 heterocycles. The van der Waals surface area contributed by atoms with E-state index in [0.29, 0.717) is 28.2 Å². The summed E-state index contributed by atoms with van der Waals surface area (Å²) < 4.78 is 30.9. The second-order valence-corrected chi connectivity index (χ2v) is 7.81. The molecule has 0 aliphatic heterocycles. The zero-order chi connectivity index (χ0) is 17.5. The normalized spacial score (nSPS) is 12.0. The number of rotatable bonds is 4. The monoisotopic (exact) mass is 347 g/mol. The highest BCUT2D eigenvalue weighted by molar-refractivity contribution is 7.91. The van der Waals surface area contributed by atoms with Crippen molar-refractivity contribution in [3.05, 3.63) is 52.0 Å². The van der Waals surface area contributed by atoms with Crippen LogP contribution < -0.4 is 5.56 Å². The lowest BCUT2D eigenvalue weighted by atomic mass is 10.3. The molecule has 0 N–H and O–H groups in total. The lowest BCUT2D eigenvalue weighted by molar-refractivity contribution is 0.500. The number of hydrogen-bond donors (Lipinski definition) is 0. The first-order valence-corrected chi connectivity index (χ1v) is 9.12. The molecule has 0 bridgehead atoms. The summed E-state index contributed by atoms with van der Waals surface area (Å²) in [6, 6.07) is 4.57. The van der Waals surface area contributed by atoms with Crippen LogP contribution in [0.25, 0.3) is 11.1 Å². The second kappa shape index (κ2) is 5.86. The zero-order valence-electron chi connectivity index (χ0n) is 13.6. The van der Waals surface area contributed by atoms with E-state index in [-0.39, 0.29) is 22.8 Å². The van der Waals surface area contributed by atoms with E-state index in [9.17, 15) is 13.2 Å². The molecule has 0 fully saturated rings. The number of oxazole rings is 1. The number of benzene rings is 1. The Morgan fingerprint density at radius 2 is 2.00 bits per heavy atom. The fourth-order valence-corrected chi connectivity index (χ4v) is 3.22. The van der Waals surface area contributed by atoms with E-state index in [2.05, 4.69) is 9.97 Å². The minimum atomic E-state index is -3.30. The fourth-order valence-electron chi connectivity index (χ4n) is 2.32. The van der Waals surface area contributed by atoms with Crippen molar-refractivity contribution in [2.45, 2.75) is 32.2 Å². The molecule has 2 aromatic heterocycles. The summed E-state index contributed by atoms with van der Waals surface area (Å²) in [6.45, 7) is 5.22. The third-order valence-electron chi connectivity index (χ3n) is 3.96. The van der Waals surface area contributed by atoms with Crippen LogP contribution in [0.1, 0.15) is 24.1 Å². The van der Waals surface area contributed by atoms with E-state index in [1.165, 1.54) is 23.0 Å². The molecule has 0 spiro atoms. The van der Waals surface area contributed by atoms with E-state index >= 15 is 0 Å². The van der Waals surface area contributed by atoms with Crippen LogP contribution in [-0.2, 0) is 16.4 Å². The summed E-state index contributed by atoms with van der Waals surface area (Å²) >= 11 is 0. The average molecular weight is 347 g/mol. The minimum Gasteiger partial charge on any atom is -0.439 e. The van der Waals surface area contributed by atoms with Gasteiger partial charge in [-0.15, -0.1) is 0 Å². The van der Waals surface area contributed by atoms with E-state index in [1.54, 1.807) is 26.8 Å². The largest absolute Gasteiger partial charge is 0.439 e. The molecule has 8 heteroatoms. The van der Waals surface area contributed by atoms with Crippen molar-refractivity contribution in [3.8, 4) is 0 Å². The molecular formula is C16H17N3O4S. The van der Waals surface area contributed by atoms with Crippen LogP contribution in [-0.4, -0.2) is 28.7 Å². The van der Waals surface area contributed by atoms with Crippen LogP contribution in [0, 0.1) is 13.8 Å². The molecule has 1 aromatic carbocycles. The predicted octanol–water partition coefficient (Wildman–Crippen LogP) is 1.84. The lowest BCUT2D eigenvalue weighted by Gasteiger charge is -2.04. The molecule has 3 aromatic rings. The van der Waals surface area contributed by atoms with Gasteiger partial charge in [-0.1, -0.05) is 6.92 Å². The Hall–Kier alpha value is -2.48. The zero-order valence-corrected chi connectivity index (χ0v) is 14.4. The fraction of sp³-hybridized carbons (Fsp3) is 0.312. The molecule has 3 rings (SSSR count). The molecule has 0 atom stereocenters. The van der Waals surface area contributed by atoms with Gasteiger partial charge in [-0.3, -0.25) is 9.36 Å². The Morgan fingerprint density at radius 1 is 1.25 bits per heavy atom. The standard InChI is InChI=1S/C16H17N3O4S/c1-4-24(21,22)12-5-6-14-13(7-12)18-15(23-14)8-19-9-17-11(3)10(2)16(19)20/h5-7,9H,4,8H2,1-3H3. The Labute approximate surface area is 138 Å². The Morgan fingerprint density at radius 3 is 2.71 bits per heavy atom. The van der Waals surface area contributed by atoms with Crippen LogP contribution in [0.5, 0.6) is 0 Å². The van der Waals surface area contributed by atoms with Gasteiger partial charge in [0.15, 0.2) is 15.4 Å². The maximum atomic E-state index is 12.2. The van der Waals surface area contributed by atoms with E-state index in [0.717, 1.165) is 0 Å². The molecule has 7 nitrogen and oxygen atoms in total. The number of sulfone groups is 1. The van der Waals surface area contributed by atoms with E-state index in [1.807, 2.05) is 0 Å². The maximum Gasteiger partial charge on any atom is 0.256 e. The SMILES string of the molecule is CCS(=O)(=O)c1ccc2oc(Cn3cnc(C)c(C)c3=O)nc2c1. The molecule has 0 amide bonds. The smallest absolute Gasteiger partial charge is 0.256 e. The van der Waals surface area contributed by atoms with Gasteiger partial charge in [0.25, 0.3) is 5.56 Å². The van der Waals surface area contributed by atoms with Crippen molar-refractivity contribution in [1.82, 2.24) is 14.5 Å². The van der Waals surface area contributed by atoms with Crippen LogP contribution in [0.3, 0.4) is 0 Å². The van der Waals surface area contributed by atoms with Crippen molar-refractivity contribution in [1.29, 1.82) is 0 Å². The first-order chi connectivity index (χ1) is 11.3. The van der Waals surface area contributed by atoms with Crippen LogP contribution >= 0.6 is 0 Å². The number of fused-ring (bicyclic) bond motifs is 1. The predicted molar refractivity (Wildman–Crippen MR) is 88.8 cm³/mol. The number of aromatic nitrogens is 3. The highest BCUT2D eigenvalue weighted by Crippen LogP contribution is 2.21. The van der Waals surface area contributed by atoms with Crippen LogP contribution in [0.2, 0.25) is 0 Å². The van der Waals surface area contributed by atoms with Crippen LogP contribution in [0.4, 0.5) is 0 Å². The summed E-state index contributed by atoms with van der Waals surface area (Å²) in [7, 11) is -3.30. The van der Waals surface area contributed by atoms with Crippen molar-refractivity contribution in [3.63, 3.8) is 0 Å². The van der Waals surface area contributed by atoms with Gasteiger partial charge < -0.3 is 4.42 Å². The summed E-state index contributed by atoms with van der Waals surface area (Å²) in [5.74, 6) is 0.343. The average Bonchev–Trinajstić information content (AvgIpc) is 2.97. The molecule has 0 unspecified atom stereocenters. The van der Waals surface area contributed by atoms with Gasteiger partial charge in [0.1, 0.15) is 12.1 Å². The molecular weight excluding hydrogens is 330 g/mol. The van der Waals surface area contributed by atoms with Crippen molar-refractivity contribution in [2.24, 2.45) is 0 Å². The van der Waals surface area contributed by atoms with Gasteiger partial charge in [-0.25, -0.2) is 18.4 Å². The highest BCUT2D eigenvalue weighted by Gasteiger charge is 2.15. The van der Waals surface area contributed by atoms with E-state index < -0.39 is 9.84 Å². The maximum absolute atomic E-state index is 12.2. The lowest BCUT2D eigenvalue weighted by Crippen LogP contribution is -2.24. The Balaban J connectivity index is 2.00. The Bertz CT molecular complexity index is 1080. The molecule has 0 aliphatic carbocycles. The van der Waals surface area contributed by atoms with Gasteiger partial charge in [0, 0.05) is 11.3 Å². The van der Waals surface area contributed by atoms with E-state index in [4.69, 9.17) is 4.42 Å². The van der Waals surface area contributed by atoms with Crippen molar-refractivity contribution >= 4 is 20.9 Å². The first kappa shape index (κ1) is 16.4. The highest BCUT2D eigenvalue weighted by atomic mass is 32.2. The Kier molecular flexibility index (Phi) is 4.00. The van der Waals surface area contributed by atoms with Gasteiger partial charge in [0.05, 0.1) is 17.0 Å². The summed E-state index contributed by atoms with van der Waals surface area (Å²) in [4.78, 5) is 20.9. The second-order valence-electron chi connectivity index (χ2n) is 5.53. The molecule has 0 saturated carbocycles. The molecule has 0 radical (unpaired) electrons. The third-order valence-corrected chi connectivity index (χ3v) is 5.70. The molecule has 126 valence electrons. The molecule has 24 heavy (non-hydrogen) atoms.